The Labute approximate surface area is 111 Å². The van der Waals surface area contributed by atoms with Crippen molar-refractivity contribution in [2.45, 2.75) is 6.92 Å². The van der Waals surface area contributed by atoms with Crippen LogP contribution in [0.25, 0.3) is 0 Å². The lowest BCUT2D eigenvalue weighted by molar-refractivity contribution is 0.112. The van der Waals surface area contributed by atoms with Gasteiger partial charge in [-0.1, -0.05) is 47.5 Å². The van der Waals surface area contributed by atoms with Crippen LogP contribution < -0.4 is 0 Å². The monoisotopic (exact) mass is 257 g/mol. The fourth-order valence-corrected chi connectivity index (χ4v) is 1.47. The van der Waals surface area contributed by atoms with Gasteiger partial charge in [-0.25, -0.2) is 0 Å². The molecular formula is C15H12ClNO. The molecule has 0 radical (unpaired) electrons. The van der Waals surface area contributed by atoms with Gasteiger partial charge in [-0.3, -0.25) is 4.79 Å². The van der Waals surface area contributed by atoms with E-state index in [1.807, 2.05) is 31.2 Å². The van der Waals surface area contributed by atoms with Crippen molar-refractivity contribution in [3.63, 3.8) is 0 Å². The predicted octanol–water partition coefficient (Wildman–Crippen LogP) is 4.02. The number of carbonyl (C=O) groups is 1. The molecule has 0 fully saturated rings. The molecule has 0 heterocycles. The summed E-state index contributed by atoms with van der Waals surface area (Å²) in [5, 5.41) is 8.90. The topological polar surface area (TPSA) is 40.9 Å². The van der Waals surface area contributed by atoms with Crippen molar-refractivity contribution in [3.8, 4) is 6.07 Å². The number of halogens is 1. The lowest BCUT2D eigenvalue weighted by Crippen LogP contribution is -1.78. The maximum atomic E-state index is 10.2. The Kier molecular flexibility index (Phi) is 5.63. The van der Waals surface area contributed by atoms with E-state index in [2.05, 4.69) is 0 Å². The molecule has 0 N–H and O–H groups in total. The highest BCUT2D eigenvalue weighted by molar-refractivity contribution is 6.31. The van der Waals surface area contributed by atoms with Crippen molar-refractivity contribution < 1.29 is 4.79 Å². The van der Waals surface area contributed by atoms with E-state index < -0.39 is 0 Å². The van der Waals surface area contributed by atoms with E-state index in [1.54, 1.807) is 30.3 Å². The molecule has 0 amide bonds. The van der Waals surface area contributed by atoms with Crippen LogP contribution in [0, 0.1) is 18.3 Å². The molecule has 2 aromatic rings. The minimum Gasteiger partial charge on any atom is -0.298 e. The second-order valence-corrected chi connectivity index (χ2v) is 4.03. The molecule has 0 aliphatic rings. The number of nitriles is 1. The molecule has 0 aliphatic heterocycles. The number of hydrogen-bond acceptors (Lipinski definition) is 2. The summed E-state index contributed by atoms with van der Waals surface area (Å²) in [5.74, 6) is 0. The highest BCUT2D eigenvalue weighted by atomic mass is 35.5. The Morgan fingerprint density at radius 3 is 2.33 bits per heavy atom. The minimum absolute atomic E-state index is 0.514. The van der Waals surface area contributed by atoms with Crippen LogP contribution >= 0.6 is 11.6 Å². The Hall–Kier alpha value is -2.11. The highest BCUT2D eigenvalue weighted by Gasteiger charge is 1.92. The SMILES string of the molecule is Cc1cccc(C=O)c1.N#Cc1ccccc1Cl. The molecule has 0 bridgehead atoms. The Morgan fingerprint density at radius 2 is 1.89 bits per heavy atom. The number of aryl methyl sites for hydroxylation is 1. The minimum atomic E-state index is 0.514. The van der Waals surface area contributed by atoms with Gasteiger partial charge in [0.1, 0.15) is 12.4 Å². The van der Waals surface area contributed by atoms with Gasteiger partial charge in [0.25, 0.3) is 0 Å². The molecule has 0 saturated heterocycles. The average molecular weight is 258 g/mol. The fraction of sp³-hybridized carbons (Fsp3) is 0.0667. The fourth-order valence-electron chi connectivity index (χ4n) is 1.30. The molecule has 0 atom stereocenters. The molecule has 18 heavy (non-hydrogen) atoms. The summed E-state index contributed by atoms with van der Waals surface area (Å²) in [4.78, 5) is 10.2. The van der Waals surface area contributed by atoms with Crippen molar-refractivity contribution in [1.82, 2.24) is 0 Å². The van der Waals surface area contributed by atoms with Gasteiger partial charge in [-0.15, -0.1) is 0 Å². The third kappa shape index (κ3) is 4.40. The van der Waals surface area contributed by atoms with Gasteiger partial charge in [-0.2, -0.15) is 5.26 Å². The van der Waals surface area contributed by atoms with Crippen molar-refractivity contribution in [1.29, 1.82) is 5.26 Å². The molecule has 90 valence electrons. The maximum Gasteiger partial charge on any atom is 0.150 e. The first-order valence-corrected chi connectivity index (χ1v) is 5.71. The van der Waals surface area contributed by atoms with Gasteiger partial charge in [0.15, 0.2) is 0 Å². The van der Waals surface area contributed by atoms with Crippen LogP contribution in [-0.4, -0.2) is 6.29 Å². The van der Waals surface area contributed by atoms with Gasteiger partial charge < -0.3 is 0 Å². The van der Waals surface area contributed by atoms with Gasteiger partial charge >= 0.3 is 0 Å². The standard InChI is InChI=1S/C8H8O.C7H4ClN/c1-7-3-2-4-8(5-7)6-9;8-7-4-2-1-3-6(7)5-9/h2-6H,1H3;1-4H. The summed E-state index contributed by atoms with van der Waals surface area (Å²) in [6, 6.07) is 16.4. The molecule has 0 aliphatic carbocycles. The highest BCUT2D eigenvalue weighted by Crippen LogP contribution is 2.12. The normalized spacial score (nSPS) is 8.72. The van der Waals surface area contributed by atoms with Crippen LogP contribution in [0.15, 0.2) is 48.5 Å². The molecule has 3 heteroatoms. The summed E-state index contributed by atoms with van der Waals surface area (Å²) in [6.07, 6.45) is 0.854. The third-order valence-corrected chi connectivity index (χ3v) is 2.50. The molecule has 0 aromatic heterocycles. The largest absolute Gasteiger partial charge is 0.298 e. The summed E-state index contributed by atoms with van der Waals surface area (Å²) >= 11 is 5.60. The smallest absolute Gasteiger partial charge is 0.150 e. The van der Waals surface area contributed by atoms with Crippen LogP contribution in [0.1, 0.15) is 21.5 Å². The van der Waals surface area contributed by atoms with E-state index in [4.69, 9.17) is 16.9 Å². The summed E-state index contributed by atoms with van der Waals surface area (Å²) in [5.41, 5.74) is 2.40. The first kappa shape index (κ1) is 14.0. The van der Waals surface area contributed by atoms with Crippen molar-refractivity contribution in [3.05, 3.63) is 70.2 Å². The Balaban J connectivity index is 0.000000180. The Bertz CT molecular complexity index is 573. The van der Waals surface area contributed by atoms with Crippen molar-refractivity contribution in [2.75, 3.05) is 0 Å². The first-order valence-electron chi connectivity index (χ1n) is 5.34. The second-order valence-electron chi connectivity index (χ2n) is 3.62. The zero-order chi connectivity index (χ0) is 13.4. The maximum absolute atomic E-state index is 10.2. The summed E-state index contributed by atoms with van der Waals surface area (Å²) in [7, 11) is 0. The Morgan fingerprint density at radius 1 is 1.17 bits per heavy atom. The first-order chi connectivity index (χ1) is 8.67. The van der Waals surface area contributed by atoms with E-state index in [9.17, 15) is 4.79 Å². The van der Waals surface area contributed by atoms with Crippen molar-refractivity contribution >= 4 is 17.9 Å². The molecule has 2 rings (SSSR count). The van der Waals surface area contributed by atoms with E-state index in [0.717, 1.165) is 17.4 Å². The summed E-state index contributed by atoms with van der Waals surface area (Å²) in [6.45, 7) is 1.97. The predicted molar refractivity (Wildman–Crippen MR) is 72.7 cm³/mol. The van der Waals surface area contributed by atoms with Crippen LogP contribution in [0.3, 0.4) is 0 Å². The zero-order valence-corrected chi connectivity index (χ0v) is 10.7. The van der Waals surface area contributed by atoms with Crippen molar-refractivity contribution in [2.24, 2.45) is 0 Å². The van der Waals surface area contributed by atoms with E-state index in [0.29, 0.717) is 10.6 Å². The van der Waals surface area contributed by atoms with Crippen LogP contribution in [0.5, 0.6) is 0 Å². The van der Waals surface area contributed by atoms with Gasteiger partial charge in [-0.05, 0) is 25.1 Å². The molecule has 0 unspecified atom stereocenters. The summed E-state index contributed by atoms with van der Waals surface area (Å²) < 4.78 is 0. The number of carbonyl (C=O) groups excluding carboxylic acids is 1. The van der Waals surface area contributed by atoms with Gasteiger partial charge in [0.2, 0.25) is 0 Å². The molecule has 0 spiro atoms. The van der Waals surface area contributed by atoms with Crippen LogP contribution in [0.4, 0.5) is 0 Å². The number of rotatable bonds is 1. The van der Waals surface area contributed by atoms with E-state index in [-0.39, 0.29) is 0 Å². The lowest BCUT2D eigenvalue weighted by Gasteiger charge is -1.89. The average Bonchev–Trinajstić information content (AvgIpc) is 2.40. The second kappa shape index (κ2) is 7.26. The number of hydrogen-bond donors (Lipinski definition) is 0. The molecule has 2 aromatic carbocycles. The number of benzene rings is 2. The molecule has 2 nitrogen and oxygen atoms in total. The number of nitrogens with zero attached hydrogens (tertiary/aromatic N) is 1. The van der Waals surface area contributed by atoms with Gasteiger partial charge in [0, 0.05) is 5.56 Å². The zero-order valence-electron chi connectivity index (χ0n) is 9.93. The van der Waals surface area contributed by atoms with Gasteiger partial charge in [0.05, 0.1) is 10.6 Å². The lowest BCUT2D eigenvalue weighted by atomic mass is 10.2. The molecule has 0 saturated carbocycles. The van der Waals surface area contributed by atoms with Crippen LogP contribution in [-0.2, 0) is 0 Å². The van der Waals surface area contributed by atoms with Crippen LogP contribution in [0.2, 0.25) is 5.02 Å². The van der Waals surface area contributed by atoms with E-state index >= 15 is 0 Å². The number of aldehydes is 1. The molecular weight excluding hydrogens is 246 g/mol. The van der Waals surface area contributed by atoms with E-state index in [1.165, 1.54) is 0 Å². The quantitative estimate of drug-likeness (QED) is 0.724. The third-order valence-electron chi connectivity index (χ3n) is 2.17.